The van der Waals surface area contributed by atoms with Gasteiger partial charge in [0.2, 0.25) is 0 Å². The Hall–Kier alpha value is -1.55. The molecule has 1 saturated heterocycles. The monoisotopic (exact) mass is 192 g/mol. The fourth-order valence-corrected chi connectivity index (χ4v) is 1.32. The third-order valence-electron chi connectivity index (χ3n) is 2.27. The van der Waals surface area contributed by atoms with E-state index in [-0.39, 0.29) is 17.7 Å². The van der Waals surface area contributed by atoms with E-state index in [1.807, 2.05) is 0 Å². The molecule has 4 nitrogen and oxygen atoms in total. The first kappa shape index (κ1) is 9.02. The highest BCUT2D eigenvalue weighted by molar-refractivity contribution is 5.97. The molecule has 0 bridgehead atoms. The van der Waals surface area contributed by atoms with Crippen LogP contribution in [0.1, 0.15) is 10.4 Å². The predicted molar refractivity (Wildman–Crippen MR) is 52.2 cm³/mol. The molecule has 2 rings (SSSR count). The largest absolute Gasteiger partial charge is 0.507 e. The van der Waals surface area contributed by atoms with Gasteiger partial charge in [0.05, 0.1) is 11.6 Å². The molecule has 0 spiro atoms. The van der Waals surface area contributed by atoms with E-state index >= 15 is 0 Å². The van der Waals surface area contributed by atoms with Crippen molar-refractivity contribution in [3.63, 3.8) is 0 Å². The van der Waals surface area contributed by atoms with Crippen LogP contribution in [-0.4, -0.2) is 30.1 Å². The van der Waals surface area contributed by atoms with Crippen molar-refractivity contribution in [3.8, 4) is 5.75 Å². The minimum Gasteiger partial charge on any atom is -0.507 e. The molecule has 0 radical (unpaired) electrons. The van der Waals surface area contributed by atoms with Crippen molar-refractivity contribution >= 4 is 5.91 Å². The molecule has 1 aromatic carbocycles. The predicted octanol–water partition coefficient (Wildman–Crippen LogP) is 0.0938. The van der Waals surface area contributed by atoms with E-state index < -0.39 is 0 Å². The average molecular weight is 192 g/mol. The summed E-state index contributed by atoms with van der Waals surface area (Å²) in [5.74, 6) is -0.188. The minimum atomic E-state index is -0.213. The van der Waals surface area contributed by atoms with Gasteiger partial charge in [-0.1, -0.05) is 12.1 Å². The lowest BCUT2D eigenvalue weighted by atomic mass is 10.1. The standard InChI is InChI=1S/C10H12N2O2/c13-9-4-2-1-3-8(9)10(14)12-7-5-11-6-7/h1-4,7,11,13H,5-6H2,(H,12,14). The Balaban J connectivity index is 2.06. The number of aromatic hydroxyl groups is 1. The summed E-state index contributed by atoms with van der Waals surface area (Å²) in [4.78, 5) is 11.6. The molecule has 1 heterocycles. The zero-order chi connectivity index (χ0) is 9.97. The summed E-state index contributed by atoms with van der Waals surface area (Å²) >= 11 is 0. The zero-order valence-corrected chi connectivity index (χ0v) is 7.66. The van der Waals surface area contributed by atoms with Gasteiger partial charge in [-0.3, -0.25) is 4.79 Å². The fourth-order valence-electron chi connectivity index (χ4n) is 1.32. The third-order valence-corrected chi connectivity index (χ3v) is 2.27. The van der Waals surface area contributed by atoms with Crippen LogP contribution in [0.5, 0.6) is 5.75 Å². The lowest BCUT2D eigenvalue weighted by Gasteiger charge is -2.27. The van der Waals surface area contributed by atoms with Crippen LogP contribution in [0.2, 0.25) is 0 Å². The van der Waals surface area contributed by atoms with Crippen LogP contribution >= 0.6 is 0 Å². The number of hydrogen-bond donors (Lipinski definition) is 3. The Kier molecular flexibility index (Phi) is 2.37. The molecule has 74 valence electrons. The second kappa shape index (κ2) is 3.67. The van der Waals surface area contributed by atoms with Crippen molar-refractivity contribution in [1.82, 2.24) is 10.6 Å². The van der Waals surface area contributed by atoms with Gasteiger partial charge in [-0.05, 0) is 12.1 Å². The number of amides is 1. The van der Waals surface area contributed by atoms with E-state index in [1.54, 1.807) is 18.2 Å². The van der Waals surface area contributed by atoms with Crippen LogP contribution in [0, 0.1) is 0 Å². The molecule has 0 aromatic heterocycles. The Morgan fingerprint density at radius 3 is 2.71 bits per heavy atom. The number of phenolic OH excluding ortho intramolecular Hbond substituents is 1. The number of benzene rings is 1. The highest BCUT2D eigenvalue weighted by Gasteiger charge is 2.20. The molecule has 1 aliphatic rings. The molecule has 1 fully saturated rings. The maximum Gasteiger partial charge on any atom is 0.255 e. The number of para-hydroxylation sites is 1. The molecule has 4 heteroatoms. The van der Waals surface area contributed by atoms with Crippen molar-refractivity contribution < 1.29 is 9.90 Å². The van der Waals surface area contributed by atoms with Crippen molar-refractivity contribution in [3.05, 3.63) is 29.8 Å². The first-order valence-corrected chi connectivity index (χ1v) is 4.57. The second-order valence-corrected chi connectivity index (χ2v) is 3.35. The molecule has 1 aliphatic heterocycles. The van der Waals surface area contributed by atoms with E-state index in [1.165, 1.54) is 6.07 Å². The molecule has 0 aliphatic carbocycles. The molecule has 1 amide bonds. The van der Waals surface area contributed by atoms with Crippen LogP contribution in [0.4, 0.5) is 0 Å². The molecule has 0 atom stereocenters. The van der Waals surface area contributed by atoms with Gasteiger partial charge in [0.25, 0.3) is 5.91 Å². The van der Waals surface area contributed by atoms with Gasteiger partial charge in [0.1, 0.15) is 5.75 Å². The summed E-state index contributed by atoms with van der Waals surface area (Å²) < 4.78 is 0. The van der Waals surface area contributed by atoms with Gasteiger partial charge in [-0.15, -0.1) is 0 Å². The van der Waals surface area contributed by atoms with Gasteiger partial charge in [0.15, 0.2) is 0 Å². The van der Waals surface area contributed by atoms with Crippen LogP contribution in [-0.2, 0) is 0 Å². The molecular formula is C10H12N2O2. The van der Waals surface area contributed by atoms with Crippen LogP contribution in [0.3, 0.4) is 0 Å². The summed E-state index contributed by atoms with van der Waals surface area (Å²) in [6.45, 7) is 1.61. The average Bonchev–Trinajstić information content (AvgIpc) is 2.12. The molecular weight excluding hydrogens is 180 g/mol. The van der Waals surface area contributed by atoms with E-state index in [4.69, 9.17) is 0 Å². The smallest absolute Gasteiger partial charge is 0.255 e. The summed E-state index contributed by atoms with van der Waals surface area (Å²) in [7, 11) is 0. The molecule has 1 aromatic rings. The Morgan fingerprint density at radius 2 is 2.14 bits per heavy atom. The topological polar surface area (TPSA) is 61.4 Å². The quantitative estimate of drug-likeness (QED) is 0.622. The van der Waals surface area contributed by atoms with Crippen molar-refractivity contribution in [2.75, 3.05) is 13.1 Å². The lowest BCUT2D eigenvalue weighted by Crippen LogP contribution is -2.56. The summed E-state index contributed by atoms with van der Waals surface area (Å²) in [6, 6.07) is 6.73. The molecule has 0 unspecified atom stereocenters. The number of rotatable bonds is 2. The normalized spacial score (nSPS) is 16.0. The highest BCUT2D eigenvalue weighted by atomic mass is 16.3. The lowest BCUT2D eigenvalue weighted by molar-refractivity contribution is 0.0921. The van der Waals surface area contributed by atoms with Crippen LogP contribution < -0.4 is 10.6 Å². The van der Waals surface area contributed by atoms with Crippen LogP contribution in [0.25, 0.3) is 0 Å². The van der Waals surface area contributed by atoms with E-state index in [9.17, 15) is 9.90 Å². The number of nitrogens with one attached hydrogen (secondary N) is 2. The van der Waals surface area contributed by atoms with E-state index in [2.05, 4.69) is 10.6 Å². The molecule has 14 heavy (non-hydrogen) atoms. The summed E-state index contributed by atoms with van der Waals surface area (Å²) in [6.07, 6.45) is 0. The minimum absolute atomic E-state index is 0.0253. The van der Waals surface area contributed by atoms with Crippen molar-refractivity contribution in [1.29, 1.82) is 0 Å². The SMILES string of the molecule is O=C(NC1CNC1)c1ccccc1O. The number of phenols is 1. The van der Waals surface area contributed by atoms with Gasteiger partial charge in [-0.25, -0.2) is 0 Å². The second-order valence-electron chi connectivity index (χ2n) is 3.35. The van der Waals surface area contributed by atoms with Crippen molar-refractivity contribution in [2.24, 2.45) is 0 Å². The molecule has 3 N–H and O–H groups in total. The van der Waals surface area contributed by atoms with Gasteiger partial charge in [0, 0.05) is 13.1 Å². The Labute approximate surface area is 81.9 Å². The first-order chi connectivity index (χ1) is 6.77. The fraction of sp³-hybridized carbons (Fsp3) is 0.300. The maximum atomic E-state index is 11.6. The highest BCUT2D eigenvalue weighted by Crippen LogP contribution is 2.15. The summed E-state index contributed by atoms with van der Waals surface area (Å²) in [5.41, 5.74) is 0.333. The van der Waals surface area contributed by atoms with Crippen molar-refractivity contribution in [2.45, 2.75) is 6.04 Å². The van der Waals surface area contributed by atoms with Gasteiger partial charge >= 0.3 is 0 Å². The maximum absolute atomic E-state index is 11.6. The first-order valence-electron chi connectivity index (χ1n) is 4.57. The number of carbonyl (C=O) groups is 1. The Morgan fingerprint density at radius 1 is 1.43 bits per heavy atom. The summed E-state index contributed by atoms with van der Waals surface area (Å²) in [5, 5.41) is 15.3. The van der Waals surface area contributed by atoms with Gasteiger partial charge in [-0.2, -0.15) is 0 Å². The Bertz CT molecular complexity index is 348. The van der Waals surface area contributed by atoms with E-state index in [0.29, 0.717) is 5.56 Å². The number of carbonyl (C=O) groups excluding carboxylic acids is 1. The third kappa shape index (κ3) is 1.70. The zero-order valence-electron chi connectivity index (χ0n) is 7.66. The van der Waals surface area contributed by atoms with E-state index in [0.717, 1.165) is 13.1 Å². The number of hydrogen-bond acceptors (Lipinski definition) is 3. The molecule has 0 saturated carbocycles. The van der Waals surface area contributed by atoms with Crippen LogP contribution in [0.15, 0.2) is 24.3 Å². The van der Waals surface area contributed by atoms with Gasteiger partial charge < -0.3 is 15.7 Å².